The number of fused-ring (bicyclic) bond motifs is 2. The van der Waals surface area contributed by atoms with Crippen LogP contribution in [0.1, 0.15) is 0 Å². The first-order chi connectivity index (χ1) is 26.8. The summed E-state index contributed by atoms with van der Waals surface area (Å²) < 4.78 is 0. The maximum Gasteiger partial charge on any atom is 0.141 e. The normalized spacial score (nSPS) is 11.3. The predicted octanol–water partition coefficient (Wildman–Crippen LogP) is 13.4. The number of rotatable bonds is 7. The number of hydrogen-bond donors (Lipinski definition) is 0. The summed E-state index contributed by atoms with van der Waals surface area (Å²) in [6, 6.07) is 56.2. The zero-order valence-electron chi connectivity index (χ0n) is 28.9. The Morgan fingerprint density at radius 3 is 1.26 bits per heavy atom. The molecule has 0 N–H and O–H groups in total. The van der Waals surface area contributed by atoms with E-state index in [4.69, 9.17) is 9.97 Å². The molecule has 0 aliphatic heterocycles. The Kier molecular flexibility index (Phi) is 8.17. The molecule has 10 aromatic rings. The second kappa shape index (κ2) is 13.7. The molecule has 4 nitrogen and oxygen atoms in total. The average Bonchev–Trinajstić information content (AvgIpc) is 4.00. The van der Waals surface area contributed by atoms with E-state index in [1.54, 1.807) is 22.7 Å². The third kappa shape index (κ3) is 5.88. The average molecular weight is 727 g/mol. The molecule has 254 valence electrons. The van der Waals surface area contributed by atoms with Crippen LogP contribution in [-0.2, 0) is 0 Å². The van der Waals surface area contributed by atoms with Crippen molar-refractivity contribution in [2.24, 2.45) is 0 Å². The largest absolute Gasteiger partial charge is 0.245 e. The zero-order chi connectivity index (χ0) is 35.8. The second-order valence-corrected chi connectivity index (χ2v) is 14.9. The summed E-state index contributed by atoms with van der Waals surface area (Å²) in [5.41, 5.74) is 12.7. The van der Waals surface area contributed by atoms with Crippen LogP contribution in [0.4, 0.5) is 0 Å². The first-order valence-corrected chi connectivity index (χ1v) is 19.5. The smallest absolute Gasteiger partial charge is 0.141 e. The van der Waals surface area contributed by atoms with Crippen molar-refractivity contribution in [1.82, 2.24) is 19.9 Å². The predicted molar refractivity (Wildman–Crippen MR) is 226 cm³/mol. The molecule has 6 heteroatoms. The van der Waals surface area contributed by atoms with Gasteiger partial charge < -0.3 is 0 Å². The van der Waals surface area contributed by atoms with Crippen LogP contribution in [0.3, 0.4) is 0 Å². The van der Waals surface area contributed by atoms with E-state index in [0.29, 0.717) is 0 Å². The lowest BCUT2D eigenvalue weighted by molar-refractivity contribution is 1.29. The van der Waals surface area contributed by atoms with Crippen molar-refractivity contribution in [2.45, 2.75) is 0 Å². The van der Waals surface area contributed by atoms with E-state index < -0.39 is 0 Å². The van der Waals surface area contributed by atoms with Crippen molar-refractivity contribution >= 4 is 44.2 Å². The molecule has 10 rings (SSSR count). The molecule has 0 fully saturated rings. The minimum Gasteiger partial charge on any atom is -0.245 e. The van der Waals surface area contributed by atoms with Crippen molar-refractivity contribution < 1.29 is 0 Å². The molecular weight excluding hydrogens is 697 g/mol. The van der Waals surface area contributed by atoms with Crippen LogP contribution in [0.15, 0.2) is 181 Å². The highest BCUT2D eigenvalue weighted by molar-refractivity contribution is 7.13. The van der Waals surface area contributed by atoms with Crippen LogP contribution in [0.5, 0.6) is 0 Å². The molecule has 0 spiro atoms. The van der Waals surface area contributed by atoms with Crippen LogP contribution in [0.25, 0.3) is 98.8 Å². The van der Waals surface area contributed by atoms with Crippen molar-refractivity contribution in [3.05, 3.63) is 181 Å². The lowest BCUT2D eigenvalue weighted by Crippen LogP contribution is -1.96. The fourth-order valence-corrected chi connectivity index (χ4v) is 8.60. The van der Waals surface area contributed by atoms with Crippen molar-refractivity contribution in [2.75, 3.05) is 0 Å². The molecule has 0 atom stereocenters. The number of thiazole rings is 2. The van der Waals surface area contributed by atoms with Crippen LogP contribution < -0.4 is 0 Å². The van der Waals surface area contributed by atoms with E-state index in [1.807, 2.05) is 35.3 Å². The summed E-state index contributed by atoms with van der Waals surface area (Å²) in [6.07, 6.45) is 3.67. The van der Waals surface area contributed by atoms with Crippen molar-refractivity contribution in [3.8, 4) is 77.3 Å². The maximum absolute atomic E-state index is 5.27. The monoisotopic (exact) mass is 726 g/mol. The standard InChI is InChI=1S/C48H30N4S2/c1-3-11-31(12-4-1)34-27-35(32-13-5-2-6-14-32)29-36(28-34)33-21-22-39-40(30-33)46(42-18-10-20-44(52-42)48-50-24-26-54-48)38-16-8-7-15-37(38)45(39)41-17-9-19-43(51-41)47-49-23-25-53-47/h1-30H. The highest BCUT2D eigenvalue weighted by atomic mass is 32.1. The van der Waals surface area contributed by atoms with Gasteiger partial charge in [-0.25, -0.2) is 19.9 Å². The molecule has 4 heterocycles. The van der Waals surface area contributed by atoms with E-state index in [0.717, 1.165) is 76.6 Å². The Morgan fingerprint density at radius 2 is 0.759 bits per heavy atom. The van der Waals surface area contributed by atoms with Crippen LogP contribution >= 0.6 is 22.7 Å². The van der Waals surface area contributed by atoms with Gasteiger partial charge in [0.2, 0.25) is 0 Å². The number of aromatic nitrogens is 4. The molecule has 0 amide bonds. The van der Waals surface area contributed by atoms with Crippen molar-refractivity contribution in [3.63, 3.8) is 0 Å². The third-order valence-electron chi connectivity index (χ3n) is 9.82. The molecule has 0 aliphatic rings. The maximum atomic E-state index is 5.27. The van der Waals surface area contributed by atoms with Gasteiger partial charge in [-0.05, 0) is 103 Å². The van der Waals surface area contributed by atoms with Gasteiger partial charge in [-0.15, -0.1) is 22.7 Å². The summed E-state index contributed by atoms with van der Waals surface area (Å²) >= 11 is 3.20. The zero-order valence-corrected chi connectivity index (χ0v) is 30.6. The number of pyridine rings is 2. The second-order valence-electron chi connectivity index (χ2n) is 13.1. The lowest BCUT2D eigenvalue weighted by Gasteiger charge is -2.19. The molecule has 0 unspecified atom stereocenters. The summed E-state index contributed by atoms with van der Waals surface area (Å²) in [4.78, 5) is 19.7. The Labute approximate surface area is 320 Å². The Bertz CT molecular complexity index is 2860. The summed E-state index contributed by atoms with van der Waals surface area (Å²) in [7, 11) is 0. The molecule has 0 saturated heterocycles. The van der Waals surface area contributed by atoms with Gasteiger partial charge in [-0.2, -0.15) is 0 Å². The van der Waals surface area contributed by atoms with Gasteiger partial charge in [0.05, 0.1) is 22.8 Å². The fourth-order valence-electron chi connectivity index (χ4n) is 7.38. The van der Waals surface area contributed by atoms with Gasteiger partial charge in [-0.1, -0.05) is 109 Å². The first kappa shape index (κ1) is 32.1. The van der Waals surface area contributed by atoms with Crippen LogP contribution in [0.2, 0.25) is 0 Å². The van der Waals surface area contributed by atoms with Gasteiger partial charge in [0.1, 0.15) is 10.0 Å². The molecule has 6 aromatic carbocycles. The molecular formula is C48H30N4S2. The molecule has 0 radical (unpaired) electrons. The molecule has 54 heavy (non-hydrogen) atoms. The number of nitrogens with zero attached hydrogens (tertiary/aromatic N) is 4. The van der Waals surface area contributed by atoms with Crippen LogP contribution in [-0.4, -0.2) is 19.9 Å². The van der Waals surface area contributed by atoms with Gasteiger partial charge in [-0.3, -0.25) is 0 Å². The topological polar surface area (TPSA) is 51.6 Å². The fraction of sp³-hybridized carbons (Fsp3) is 0. The Morgan fingerprint density at radius 1 is 0.315 bits per heavy atom. The highest BCUT2D eigenvalue weighted by Gasteiger charge is 2.20. The quantitative estimate of drug-likeness (QED) is 0.153. The van der Waals surface area contributed by atoms with Crippen molar-refractivity contribution in [1.29, 1.82) is 0 Å². The summed E-state index contributed by atoms with van der Waals surface area (Å²) in [6.45, 7) is 0. The third-order valence-corrected chi connectivity index (χ3v) is 11.4. The Balaban J connectivity index is 1.27. The minimum absolute atomic E-state index is 0.862. The Hall–Kier alpha value is -6.60. The minimum atomic E-state index is 0.862. The SMILES string of the molecule is c1ccc(-c2cc(-c3ccccc3)cc(-c3ccc4c(-c5cccc(-c6nccs6)n5)c5ccccc5c(-c5cccc(-c6nccs6)n5)c4c3)c2)cc1. The van der Waals surface area contributed by atoms with E-state index in [9.17, 15) is 0 Å². The van der Waals surface area contributed by atoms with Gasteiger partial charge >= 0.3 is 0 Å². The number of benzene rings is 6. The van der Waals surface area contributed by atoms with Gasteiger partial charge in [0.15, 0.2) is 0 Å². The molecule has 0 saturated carbocycles. The van der Waals surface area contributed by atoms with E-state index in [-0.39, 0.29) is 0 Å². The molecule has 0 bridgehead atoms. The molecule has 0 aliphatic carbocycles. The van der Waals surface area contributed by atoms with E-state index in [1.165, 1.54) is 22.3 Å². The van der Waals surface area contributed by atoms with Crippen LogP contribution in [0, 0.1) is 0 Å². The first-order valence-electron chi connectivity index (χ1n) is 17.8. The summed E-state index contributed by atoms with van der Waals surface area (Å²) in [5, 5.41) is 10.2. The van der Waals surface area contributed by atoms with Gasteiger partial charge in [0.25, 0.3) is 0 Å². The lowest BCUT2D eigenvalue weighted by atomic mass is 9.86. The van der Waals surface area contributed by atoms with E-state index in [2.05, 4.69) is 156 Å². The summed E-state index contributed by atoms with van der Waals surface area (Å²) in [5.74, 6) is 0. The van der Waals surface area contributed by atoms with E-state index >= 15 is 0 Å². The number of hydrogen-bond acceptors (Lipinski definition) is 6. The highest BCUT2D eigenvalue weighted by Crippen LogP contribution is 2.45. The molecule has 4 aromatic heterocycles. The van der Waals surface area contributed by atoms with Gasteiger partial charge in [0, 0.05) is 34.3 Å².